The third-order valence-electron chi connectivity index (χ3n) is 4.71. The Balaban J connectivity index is 2.00. The number of anilines is 1. The van der Waals surface area contributed by atoms with Gasteiger partial charge in [-0.05, 0) is 43.4 Å². The Morgan fingerprint density at radius 3 is 2.60 bits per heavy atom. The zero-order chi connectivity index (χ0) is 17.4. The van der Waals surface area contributed by atoms with Crippen LogP contribution in [0.4, 0.5) is 5.82 Å². The number of aryl methyl sites for hydroxylation is 2. The van der Waals surface area contributed by atoms with Crippen LogP contribution in [0.15, 0.2) is 46.3 Å². The molecule has 0 radical (unpaired) electrons. The maximum atomic E-state index is 13.2. The molecule has 0 atom stereocenters. The van der Waals surface area contributed by atoms with Crippen LogP contribution in [0, 0.1) is 0 Å². The highest BCUT2D eigenvalue weighted by molar-refractivity contribution is 7.91. The van der Waals surface area contributed by atoms with Gasteiger partial charge >= 0.3 is 0 Å². The van der Waals surface area contributed by atoms with Crippen LogP contribution >= 0.6 is 0 Å². The molecule has 0 aliphatic heterocycles. The van der Waals surface area contributed by atoms with Crippen LogP contribution in [0.1, 0.15) is 30.5 Å². The highest BCUT2D eigenvalue weighted by atomic mass is 32.2. The van der Waals surface area contributed by atoms with Crippen LogP contribution in [0.2, 0.25) is 0 Å². The fourth-order valence-electron chi connectivity index (χ4n) is 3.43. The van der Waals surface area contributed by atoms with Crippen LogP contribution in [-0.2, 0) is 22.7 Å². The summed E-state index contributed by atoms with van der Waals surface area (Å²) in [5.41, 5.74) is 2.64. The second-order valence-corrected chi connectivity index (χ2v) is 8.16. The molecule has 0 saturated heterocycles. The van der Waals surface area contributed by atoms with E-state index in [-0.39, 0.29) is 9.79 Å². The molecule has 0 amide bonds. The number of hydrogen-bond donors (Lipinski definition) is 1. The fraction of sp³-hybridized carbons (Fsp3) is 0.333. The van der Waals surface area contributed by atoms with Gasteiger partial charge < -0.3 is 5.32 Å². The van der Waals surface area contributed by atoms with Gasteiger partial charge in [0.25, 0.3) is 0 Å². The molecule has 2 aromatic heterocycles. The van der Waals surface area contributed by atoms with Crippen LogP contribution < -0.4 is 5.32 Å². The van der Waals surface area contributed by atoms with Crippen molar-refractivity contribution in [3.63, 3.8) is 0 Å². The third kappa shape index (κ3) is 2.59. The molecule has 1 aliphatic carbocycles. The van der Waals surface area contributed by atoms with Crippen molar-refractivity contribution in [1.29, 1.82) is 0 Å². The Morgan fingerprint density at radius 2 is 1.84 bits per heavy atom. The van der Waals surface area contributed by atoms with Crippen molar-refractivity contribution in [2.45, 2.75) is 41.9 Å². The van der Waals surface area contributed by atoms with Gasteiger partial charge in [-0.15, -0.1) is 5.10 Å². The van der Waals surface area contributed by atoms with Gasteiger partial charge in [0.05, 0.1) is 4.90 Å². The molecule has 0 fully saturated rings. The molecule has 0 bridgehead atoms. The standard InChI is InChI=1S/C18H20N4O2S/c1-19-17-16(25(23,24)14-9-5-3-6-10-14)18-20-12-13-8-4-2-7-11-15(13)22(18)21-17/h3,5-6,9-10,12H,2,4,7-8,11H2,1H3,(H,19,21). The van der Waals surface area contributed by atoms with Crippen LogP contribution in [-0.4, -0.2) is 30.1 Å². The summed E-state index contributed by atoms with van der Waals surface area (Å²) in [7, 11) is -2.02. The van der Waals surface area contributed by atoms with Gasteiger partial charge in [-0.3, -0.25) is 0 Å². The first-order valence-corrected chi connectivity index (χ1v) is 9.98. The summed E-state index contributed by atoms with van der Waals surface area (Å²) in [5.74, 6) is 0.342. The maximum Gasteiger partial charge on any atom is 0.214 e. The number of fused-ring (bicyclic) bond motifs is 3. The van der Waals surface area contributed by atoms with Gasteiger partial charge in [0, 0.05) is 18.9 Å². The van der Waals surface area contributed by atoms with Crippen molar-refractivity contribution in [2.75, 3.05) is 12.4 Å². The topological polar surface area (TPSA) is 76.4 Å². The highest BCUT2D eigenvalue weighted by Gasteiger charge is 2.29. The van der Waals surface area contributed by atoms with Crippen molar-refractivity contribution in [3.8, 4) is 0 Å². The van der Waals surface area contributed by atoms with E-state index in [1.165, 1.54) is 12.0 Å². The molecule has 0 spiro atoms. The molecule has 7 heteroatoms. The van der Waals surface area contributed by atoms with Crippen LogP contribution in [0.25, 0.3) is 5.65 Å². The van der Waals surface area contributed by atoms with E-state index in [1.54, 1.807) is 41.9 Å². The minimum Gasteiger partial charge on any atom is -0.370 e. The molecule has 0 saturated carbocycles. The lowest BCUT2D eigenvalue weighted by molar-refractivity contribution is 0.597. The minimum atomic E-state index is -3.71. The van der Waals surface area contributed by atoms with E-state index in [2.05, 4.69) is 15.4 Å². The first-order valence-electron chi connectivity index (χ1n) is 8.50. The smallest absolute Gasteiger partial charge is 0.214 e. The largest absolute Gasteiger partial charge is 0.370 e. The summed E-state index contributed by atoms with van der Waals surface area (Å²) in [6.45, 7) is 0. The van der Waals surface area contributed by atoms with Gasteiger partial charge in [-0.1, -0.05) is 24.6 Å². The monoisotopic (exact) mass is 356 g/mol. The van der Waals surface area contributed by atoms with E-state index in [4.69, 9.17) is 0 Å². The zero-order valence-electron chi connectivity index (χ0n) is 14.1. The fourth-order valence-corrected chi connectivity index (χ4v) is 4.96. The van der Waals surface area contributed by atoms with Crippen LogP contribution in [0.5, 0.6) is 0 Å². The normalized spacial score (nSPS) is 14.9. The van der Waals surface area contributed by atoms with Crippen LogP contribution in [0.3, 0.4) is 0 Å². The second-order valence-electron chi connectivity index (χ2n) is 6.27. The second kappa shape index (κ2) is 6.15. The first-order chi connectivity index (χ1) is 12.1. The first kappa shape index (κ1) is 16.1. The van der Waals surface area contributed by atoms with Gasteiger partial charge in [-0.2, -0.15) is 0 Å². The van der Waals surface area contributed by atoms with Gasteiger partial charge in [0.1, 0.15) is 0 Å². The average Bonchev–Trinajstić information content (AvgIpc) is 2.86. The molecule has 25 heavy (non-hydrogen) atoms. The SMILES string of the molecule is CNc1nn2c3c(cnc2c1S(=O)(=O)c1ccccc1)CCCCC3. The minimum absolute atomic E-state index is 0.147. The van der Waals surface area contributed by atoms with E-state index in [0.717, 1.165) is 31.4 Å². The molecule has 4 rings (SSSR count). The van der Waals surface area contributed by atoms with E-state index < -0.39 is 9.84 Å². The molecular weight excluding hydrogens is 336 g/mol. The molecule has 1 N–H and O–H groups in total. The quantitative estimate of drug-likeness (QED) is 0.730. The summed E-state index contributed by atoms with van der Waals surface area (Å²) < 4.78 is 28.1. The number of hydrogen-bond acceptors (Lipinski definition) is 5. The van der Waals surface area contributed by atoms with Gasteiger partial charge in [-0.25, -0.2) is 17.9 Å². The number of nitrogens with one attached hydrogen (secondary N) is 1. The van der Waals surface area contributed by atoms with E-state index in [1.807, 2.05) is 6.20 Å². The number of rotatable bonds is 3. The highest BCUT2D eigenvalue weighted by Crippen LogP contribution is 2.32. The van der Waals surface area contributed by atoms with E-state index in [0.29, 0.717) is 11.5 Å². The number of nitrogens with zero attached hydrogens (tertiary/aromatic N) is 3. The summed E-state index contributed by atoms with van der Waals surface area (Å²) >= 11 is 0. The number of aromatic nitrogens is 3. The Labute approximate surface area is 146 Å². The lowest BCUT2D eigenvalue weighted by Gasteiger charge is -2.08. The number of sulfone groups is 1. The van der Waals surface area contributed by atoms with E-state index in [9.17, 15) is 8.42 Å². The van der Waals surface area contributed by atoms with Gasteiger partial charge in [0.2, 0.25) is 9.84 Å². The molecule has 1 aliphatic rings. The summed E-state index contributed by atoms with van der Waals surface area (Å²) in [5, 5.41) is 7.47. The van der Waals surface area contributed by atoms with Crippen molar-refractivity contribution in [3.05, 3.63) is 47.8 Å². The number of benzene rings is 1. The molecule has 3 aromatic rings. The summed E-state index contributed by atoms with van der Waals surface area (Å²) in [6, 6.07) is 8.43. The zero-order valence-corrected chi connectivity index (χ0v) is 14.9. The molecule has 130 valence electrons. The molecule has 6 nitrogen and oxygen atoms in total. The molecule has 0 unspecified atom stereocenters. The van der Waals surface area contributed by atoms with Crippen molar-refractivity contribution >= 4 is 21.3 Å². The Morgan fingerprint density at radius 1 is 1.08 bits per heavy atom. The molecule has 2 heterocycles. The van der Waals surface area contributed by atoms with Crippen molar-refractivity contribution in [1.82, 2.24) is 14.6 Å². The van der Waals surface area contributed by atoms with E-state index >= 15 is 0 Å². The maximum absolute atomic E-state index is 13.2. The van der Waals surface area contributed by atoms with Crippen molar-refractivity contribution in [2.24, 2.45) is 0 Å². The summed E-state index contributed by atoms with van der Waals surface area (Å²) in [6.07, 6.45) is 7.07. The summed E-state index contributed by atoms with van der Waals surface area (Å²) in [4.78, 5) is 4.87. The molecule has 1 aromatic carbocycles. The Hall–Kier alpha value is -2.41. The Bertz CT molecular complexity index is 1030. The molecular formula is C18H20N4O2S. The lowest BCUT2D eigenvalue weighted by Crippen LogP contribution is -2.07. The van der Waals surface area contributed by atoms with Gasteiger partial charge in [0.15, 0.2) is 16.4 Å². The third-order valence-corrected chi connectivity index (χ3v) is 6.51. The average molecular weight is 356 g/mol. The lowest BCUT2D eigenvalue weighted by atomic mass is 10.1. The van der Waals surface area contributed by atoms with Crippen molar-refractivity contribution < 1.29 is 8.42 Å². The predicted molar refractivity (Wildman–Crippen MR) is 95.7 cm³/mol. The Kier molecular flexibility index (Phi) is 3.95. The predicted octanol–water partition coefficient (Wildman–Crippen LogP) is 2.87.